The maximum absolute atomic E-state index is 13.9. The van der Waals surface area contributed by atoms with Crippen LogP contribution in [-0.2, 0) is 6.42 Å². The standard InChI is InChI=1S/C16H25ClFNS/c1-5-9-19-12(11-20-16(2,3)4)10-13-14(17)7-6-8-15(13)18/h6-8,12,19H,5,9-11H2,1-4H3. The van der Waals surface area contributed by atoms with E-state index in [2.05, 4.69) is 33.0 Å². The van der Waals surface area contributed by atoms with Crippen molar-refractivity contribution >= 4 is 23.4 Å². The number of benzene rings is 1. The summed E-state index contributed by atoms with van der Waals surface area (Å²) in [5.41, 5.74) is 0.622. The van der Waals surface area contributed by atoms with E-state index in [0.29, 0.717) is 17.0 Å². The second-order valence-electron chi connectivity index (χ2n) is 5.98. The lowest BCUT2D eigenvalue weighted by atomic mass is 10.1. The Labute approximate surface area is 131 Å². The monoisotopic (exact) mass is 317 g/mol. The zero-order chi connectivity index (χ0) is 15.2. The first-order valence-corrected chi connectivity index (χ1v) is 8.50. The summed E-state index contributed by atoms with van der Waals surface area (Å²) >= 11 is 8.02. The molecule has 114 valence electrons. The SMILES string of the molecule is CCCNC(CSC(C)(C)C)Cc1c(F)cccc1Cl. The van der Waals surface area contributed by atoms with Gasteiger partial charge in [-0.3, -0.25) is 0 Å². The minimum absolute atomic E-state index is 0.207. The molecule has 0 aliphatic rings. The fourth-order valence-electron chi connectivity index (χ4n) is 1.86. The largest absolute Gasteiger partial charge is 0.313 e. The van der Waals surface area contributed by atoms with Gasteiger partial charge in [0.05, 0.1) is 0 Å². The maximum Gasteiger partial charge on any atom is 0.127 e. The van der Waals surface area contributed by atoms with Crippen LogP contribution in [0.4, 0.5) is 4.39 Å². The molecule has 1 unspecified atom stereocenters. The molecular weight excluding hydrogens is 293 g/mol. The van der Waals surface area contributed by atoms with Crippen molar-refractivity contribution in [3.05, 3.63) is 34.6 Å². The van der Waals surface area contributed by atoms with Gasteiger partial charge in [-0.1, -0.05) is 45.4 Å². The molecule has 1 nitrogen and oxygen atoms in total. The van der Waals surface area contributed by atoms with Crippen LogP contribution in [0.1, 0.15) is 39.7 Å². The van der Waals surface area contributed by atoms with Gasteiger partial charge in [0.1, 0.15) is 5.82 Å². The van der Waals surface area contributed by atoms with E-state index in [4.69, 9.17) is 11.6 Å². The predicted molar refractivity (Wildman–Crippen MR) is 89.4 cm³/mol. The van der Waals surface area contributed by atoms with Gasteiger partial charge in [0.25, 0.3) is 0 Å². The van der Waals surface area contributed by atoms with Crippen molar-refractivity contribution in [1.29, 1.82) is 0 Å². The van der Waals surface area contributed by atoms with Crippen LogP contribution >= 0.6 is 23.4 Å². The number of nitrogens with one attached hydrogen (secondary N) is 1. The average Bonchev–Trinajstić information content (AvgIpc) is 2.35. The lowest BCUT2D eigenvalue weighted by molar-refractivity contribution is 0.529. The van der Waals surface area contributed by atoms with Gasteiger partial charge in [-0.15, -0.1) is 0 Å². The minimum atomic E-state index is -0.207. The smallest absolute Gasteiger partial charge is 0.127 e. The minimum Gasteiger partial charge on any atom is -0.313 e. The Balaban J connectivity index is 2.73. The summed E-state index contributed by atoms with van der Waals surface area (Å²) in [5, 5.41) is 4.02. The number of rotatable bonds is 7. The molecule has 0 heterocycles. The van der Waals surface area contributed by atoms with Gasteiger partial charge >= 0.3 is 0 Å². The third-order valence-electron chi connectivity index (χ3n) is 2.91. The van der Waals surface area contributed by atoms with E-state index in [1.807, 2.05) is 11.8 Å². The van der Waals surface area contributed by atoms with E-state index in [-0.39, 0.29) is 16.6 Å². The Morgan fingerprint density at radius 1 is 1.35 bits per heavy atom. The van der Waals surface area contributed by atoms with Crippen LogP contribution in [0.15, 0.2) is 18.2 Å². The first-order chi connectivity index (χ1) is 9.33. The van der Waals surface area contributed by atoms with Gasteiger partial charge in [0.2, 0.25) is 0 Å². The fraction of sp³-hybridized carbons (Fsp3) is 0.625. The molecule has 0 aromatic heterocycles. The van der Waals surface area contributed by atoms with Crippen LogP contribution in [0.5, 0.6) is 0 Å². The molecule has 0 saturated carbocycles. The number of halogens is 2. The predicted octanol–water partition coefficient (Wildman–Crippen LogP) is 4.92. The topological polar surface area (TPSA) is 12.0 Å². The molecule has 0 aliphatic heterocycles. The van der Waals surface area contributed by atoms with Gasteiger partial charge in [0, 0.05) is 27.1 Å². The van der Waals surface area contributed by atoms with Gasteiger partial charge < -0.3 is 5.32 Å². The second-order valence-corrected chi connectivity index (χ2v) is 8.23. The summed E-state index contributed by atoms with van der Waals surface area (Å²) in [6.07, 6.45) is 1.70. The zero-order valence-electron chi connectivity index (χ0n) is 12.8. The fourth-order valence-corrected chi connectivity index (χ4v) is 3.04. The summed E-state index contributed by atoms with van der Waals surface area (Å²) in [6.45, 7) is 9.68. The Hall–Kier alpha value is -0.250. The number of hydrogen-bond donors (Lipinski definition) is 1. The lowest BCUT2D eigenvalue weighted by Gasteiger charge is -2.24. The maximum atomic E-state index is 13.9. The average molecular weight is 318 g/mol. The zero-order valence-corrected chi connectivity index (χ0v) is 14.4. The second kappa shape index (κ2) is 8.26. The normalized spacial score (nSPS) is 13.5. The van der Waals surface area contributed by atoms with E-state index in [0.717, 1.165) is 18.7 Å². The first kappa shape index (κ1) is 17.8. The molecule has 1 aromatic rings. The molecule has 0 radical (unpaired) electrons. The van der Waals surface area contributed by atoms with Crippen molar-refractivity contribution in [2.75, 3.05) is 12.3 Å². The third kappa shape index (κ3) is 6.47. The van der Waals surface area contributed by atoms with Crippen LogP contribution in [0.2, 0.25) is 5.02 Å². The van der Waals surface area contributed by atoms with E-state index in [1.54, 1.807) is 12.1 Å². The van der Waals surface area contributed by atoms with Crippen molar-refractivity contribution < 1.29 is 4.39 Å². The highest BCUT2D eigenvalue weighted by Crippen LogP contribution is 2.26. The highest BCUT2D eigenvalue weighted by molar-refractivity contribution is 8.00. The van der Waals surface area contributed by atoms with E-state index in [1.165, 1.54) is 6.07 Å². The van der Waals surface area contributed by atoms with Crippen molar-refractivity contribution in [2.45, 2.75) is 51.3 Å². The molecular formula is C16H25ClFNS. The molecule has 4 heteroatoms. The van der Waals surface area contributed by atoms with Crippen molar-refractivity contribution in [1.82, 2.24) is 5.32 Å². The van der Waals surface area contributed by atoms with Crippen LogP contribution < -0.4 is 5.32 Å². The third-order valence-corrected chi connectivity index (χ3v) is 4.70. The Bertz CT molecular complexity index is 397. The van der Waals surface area contributed by atoms with Crippen LogP contribution in [0, 0.1) is 5.82 Å². The molecule has 0 spiro atoms. The molecule has 0 amide bonds. The molecule has 1 N–H and O–H groups in total. The van der Waals surface area contributed by atoms with E-state index >= 15 is 0 Å². The summed E-state index contributed by atoms with van der Waals surface area (Å²) in [5.74, 6) is 0.746. The molecule has 1 rings (SSSR count). The molecule has 20 heavy (non-hydrogen) atoms. The molecule has 0 saturated heterocycles. The van der Waals surface area contributed by atoms with Crippen LogP contribution in [-0.4, -0.2) is 23.1 Å². The van der Waals surface area contributed by atoms with Crippen molar-refractivity contribution in [3.8, 4) is 0 Å². The van der Waals surface area contributed by atoms with Crippen molar-refractivity contribution in [2.24, 2.45) is 0 Å². The summed E-state index contributed by atoms with van der Waals surface area (Å²) in [6, 6.07) is 5.14. The summed E-state index contributed by atoms with van der Waals surface area (Å²) < 4.78 is 14.1. The summed E-state index contributed by atoms with van der Waals surface area (Å²) in [7, 11) is 0. The Morgan fingerprint density at radius 2 is 2.05 bits per heavy atom. The molecule has 0 aliphatic carbocycles. The van der Waals surface area contributed by atoms with Crippen molar-refractivity contribution in [3.63, 3.8) is 0 Å². The highest BCUT2D eigenvalue weighted by atomic mass is 35.5. The molecule has 1 aromatic carbocycles. The number of hydrogen-bond acceptors (Lipinski definition) is 2. The van der Waals surface area contributed by atoms with Gasteiger partial charge in [-0.25, -0.2) is 4.39 Å². The Kier molecular flexibility index (Phi) is 7.35. The lowest BCUT2D eigenvalue weighted by Crippen LogP contribution is -2.35. The highest BCUT2D eigenvalue weighted by Gasteiger charge is 2.18. The molecule has 0 fully saturated rings. The number of thioether (sulfide) groups is 1. The van der Waals surface area contributed by atoms with E-state index < -0.39 is 0 Å². The quantitative estimate of drug-likeness (QED) is 0.766. The Morgan fingerprint density at radius 3 is 2.60 bits per heavy atom. The van der Waals surface area contributed by atoms with Gasteiger partial charge in [0.15, 0.2) is 0 Å². The summed E-state index contributed by atoms with van der Waals surface area (Å²) in [4.78, 5) is 0. The van der Waals surface area contributed by atoms with E-state index in [9.17, 15) is 4.39 Å². The first-order valence-electron chi connectivity index (χ1n) is 7.13. The van der Waals surface area contributed by atoms with Crippen LogP contribution in [0.25, 0.3) is 0 Å². The molecule has 0 bridgehead atoms. The van der Waals surface area contributed by atoms with Gasteiger partial charge in [-0.2, -0.15) is 11.8 Å². The van der Waals surface area contributed by atoms with Gasteiger partial charge in [-0.05, 0) is 31.5 Å². The molecule has 1 atom stereocenters. The van der Waals surface area contributed by atoms with Crippen LogP contribution in [0.3, 0.4) is 0 Å².